The number of methoxy groups -OCH3 is 1. The van der Waals surface area contributed by atoms with E-state index in [4.69, 9.17) is 16.3 Å². The number of nitrogens with zero attached hydrogens (tertiary/aromatic N) is 2. The molecule has 0 fully saturated rings. The number of halogens is 1. The van der Waals surface area contributed by atoms with Crippen molar-refractivity contribution in [3.63, 3.8) is 0 Å². The summed E-state index contributed by atoms with van der Waals surface area (Å²) in [4.78, 5) is 0. The van der Waals surface area contributed by atoms with Crippen molar-refractivity contribution in [2.24, 2.45) is 5.10 Å². The summed E-state index contributed by atoms with van der Waals surface area (Å²) in [5, 5.41) is 6.73. The standard InChI is InChI=1S/C11H13ClN2O/c1-14-10(7-11(12)13-14)8-3-5-9(15-2)6-4-8/h3-6,10H,7H2,1-2H3. The number of hydrazone groups is 1. The highest BCUT2D eigenvalue weighted by atomic mass is 35.5. The minimum absolute atomic E-state index is 0.253. The zero-order valence-electron chi connectivity index (χ0n) is 8.77. The Balaban J connectivity index is 2.17. The molecule has 0 N–H and O–H groups in total. The molecule has 1 heterocycles. The van der Waals surface area contributed by atoms with Crippen molar-refractivity contribution in [2.75, 3.05) is 14.2 Å². The first kappa shape index (κ1) is 10.3. The monoisotopic (exact) mass is 224 g/mol. The van der Waals surface area contributed by atoms with Gasteiger partial charge in [0.15, 0.2) is 0 Å². The van der Waals surface area contributed by atoms with Crippen LogP contribution in [0.25, 0.3) is 0 Å². The van der Waals surface area contributed by atoms with Gasteiger partial charge in [0.25, 0.3) is 0 Å². The van der Waals surface area contributed by atoms with E-state index in [9.17, 15) is 0 Å². The Hall–Kier alpha value is -1.22. The number of ether oxygens (including phenoxy) is 1. The van der Waals surface area contributed by atoms with Gasteiger partial charge in [-0.15, -0.1) is 0 Å². The van der Waals surface area contributed by atoms with E-state index in [1.807, 2.05) is 36.3 Å². The van der Waals surface area contributed by atoms with E-state index in [1.54, 1.807) is 7.11 Å². The average Bonchev–Trinajstić information content (AvgIpc) is 2.58. The summed E-state index contributed by atoms with van der Waals surface area (Å²) in [5.74, 6) is 0.867. The Morgan fingerprint density at radius 1 is 1.40 bits per heavy atom. The number of rotatable bonds is 2. The molecule has 15 heavy (non-hydrogen) atoms. The first-order valence-electron chi connectivity index (χ1n) is 4.80. The third kappa shape index (κ3) is 2.07. The van der Waals surface area contributed by atoms with Crippen LogP contribution in [-0.2, 0) is 0 Å². The molecule has 0 radical (unpaired) electrons. The Morgan fingerprint density at radius 3 is 2.53 bits per heavy atom. The summed E-state index contributed by atoms with van der Waals surface area (Å²) in [5.41, 5.74) is 1.21. The van der Waals surface area contributed by atoms with Crippen LogP contribution < -0.4 is 4.74 Å². The van der Waals surface area contributed by atoms with Crippen molar-refractivity contribution in [3.05, 3.63) is 29.8 Å². The Bertz CT molecular complexity index is 375. The van der Waals surface area contributed by atoms with E-state index < -0.39 is 0 Å². The Kier molecular flexibility index (Phi) is 2.82. The van der Waals surface area contributed by atoms with Crippen LogP contribution in [0.1, 0.15) is 18.0 Å². The smallest absolute Gasteiger partial charge is 0.128 e. The number of benzene rings is 1. The van der Waals surface area contributed by atoms with Gasteiger partial charge in [-0.05, 0) is 17.7 Å². The SMILES string of the molecule is COc1ccc(C2CC(Cl)=NN2C)cc1. The normalized spacial score (nSPS) is 20.3. The van der Waals surface area contributed by atoms with Gasteiger partial charge in [-0.2, -0.15) is 5.10 Å². The fourth-order valence-corrected chi connectivity index (χ4v) is 2.00. The van der Waals surface area contributed by atoms with Crippen molar-refractivity contribution in [2.45, 2.75) is 12.5 Å². The van der Waals surface area contributed by atoms with Crippen LogP contribution in [0, 0.1) is 0 Å². The second kappa shape index (κ2) is 4.11. The van der Waals surface area contributed by atoms with E-state index in [0.717, 1.165) is 12.2 Å². The molecule has 1 atom stereocenters. The van der Waals surface area contributed by atoms with Gasteiger partial charge in [0.1, 0.15) is 10.9 Å². The maximum absolute atomic E-state index is 5.89. The van der Waals surface area contributed by atoms with Crippen molar-refractivity contribution in [1.82, 2.24) is 5.01 Å². The van der Waals surface area contributed by atoms with Crippen LogP contribution in [0.15, 0.2) is 29.4 Å². The molecule has 0 aromatic heterocycles. The second-order valence-corrected chi connectivity index (χ2v) is 3.98. The molecule has 0 amide bonds. The lowest BCUT2D eigenvalue weighted by atomic mass is 10.0. The molecule has 1 aromatic carbocycles. The predicted octanol–water partition coefficient (Wildman–Crippen LogP) is 2.62. The first-order valence-corrected chi connectivity index (χ1v) is 5.18. The molecule has 0 bridgehead atoms. The summed E-state index contributed by atoms with van der Waals surface area (Å²) >= 11 is 5.89. The third-order valence-electron chi connectivity index (χ3n) is 2.58. The van der Waals surface area contributed by atoms with Crippen LogP contribution in [-0.4, -0.2) is 24.3 Å². The van der Waals surface area contributed by atoms with Gasteiger partial charge < -0.3 is 4.74 Å². The van der Waals surface area contributed by atoms with Crippen molar-refractivity contribution in [1.29, 1.82) is 0 Å². The van der Waals surface area contributed by atoms with E-state index in [1.165, 1.54) is 5.56 Å². The molecular weight excluding hydrogens is 212 g/mol. The van der Waals surface area contributed by atoms with Crippen LogP contribution in [0.3, 0.4) is 0 Å². The molecular formula is C11H13ClN2O. The molecule has 1 unspecified atom stereocenters. The summed E-state index contributed by atoms with van der Waals surface area (Å²) in [6, 6.07) is 8.25. The Labute approximate surface area is 94.3 Å². The molecule has 3 nitrogen and oxygen atoms in total. The topological polar surface area (TPSA) is 24.8 Å². The molecule has 0 aliphatic carbocycles. The highest BCUT2D eigenvalue weighted by Gasteiger charge is 2.23. The third-order valence-corrected chi connectivity index (χ3v) is 2.81. The molecule has 1 aliphatic heterocycles. The molecule has 1 aromatic rings. The molecule has 80 valence electrons. The van der Waals surface area contributed by atoms with Gasteiger partial charge in [0, 0.05) is 13.5 Å². The largest absolute Gasteiger partial charge is 0.497 e. The summed E-state index contributed by atoms with van der Waals surface area (Å²) < 4.78 is 5.11. The fraction of sp³-hybridized carbons (Fsp3) is 0.364. The quantitative estimate of drug-likeness (QED) is 0.772. The summed E-state index contributed by atoms with van der Waals surface area (Å²) in [6.07, 6.45) is 0.782. The zero-order valence-corrected chi connectivity index (χ0v) is 9.53. The van der Waals surface area contributed by atoms with Crippen LogP contribution in [0.5, 0.6) is 5.75 Å². The zero-order chi connectivity index (χ0) is 10.8. The predicted molar refractivity (Wildman–Crippen MR) is 61.4 cm³/mol. The van der Waals surface area contributed by atoms with Crippen LogP contribution in [0.4, 0.5) is 0 Å². The molecule has 0 saturated heterocycles. The van der Waals surface area contributed by atoms with Gasteiger partial charge in [-0.1, -0.05) is 23.7 Å². The highest BCUT2D eigenvalue weighted by Crippen LogP contribution is 2.30. The Morgan fingerprint density at radius 2 is 2.07 bits per heavy atom. The van der Waals surface area contributed by atoms with Crippen LogP contribution in [0.2, 0.25) is 0 Å². The first-order chi connectivity index (χ1) is 7.20. The maximum Gasteiger partial charge on any atom is 0.128 e. The van der Waals surface area contributed by atoms with E-state index in [-0.39, 0.29) is 6.04 Å². The number of hydrogen-bond donors (Lipinski definition) is 0. The minimum Gasteiger partial charge on any atom is -0.497 e. The van der Waals surface area contributed by atoms with Gasteiger partial charge in [-0.25, -0.2) is 0 Å². The van der Waals surface area contributed by atoms with Crippen LogP contribution >= 0.6 is 11.6 Å². The van der Waals surface area contributed by atoms with Crippen molar-refractivity contribution >= 4 is 16.8 Å². The lowest BCUT2D eigenvalue weighted by molar-refractivity contribution is 0.289. The molecule has 4 heteroatoms. The molecule has 0 spiro atoms. The van der Waals surface area contributed by atoms with E-state index >= 15 is 0 Å². The summed E-state index contributed by atoms with van der Waals surface area (Å²) in [6.45, 7) is 0. The minimum atomic E-state index is 0.253. The molecule has 2 rings (SSSR count). The van der Waals surface area contributed by atoms with Gasteiger partial charge in [0.2, 0.25) is 0 Å². The van der Waals surface area contributed by atoms with Gasteiger partial charge in [-0.3, -0.25) is 5.01 Å². The van der Waals surface area contributed by atoms with E-state index in [2.05, 4.69) is 5.10 Å². The average molecular weight is 225 g/mol. The maximum atomic E-state index is 5.89. The second-order valence-electron chi connectivity index (χ2n) is 3.54. The van der Waals surface area contributed by atoms with Gasteiger partial charge in [0.05, 0.1) is 13.2 Å². The summed E-state index contributed by atoms with van der Waals surface area (Å²) in [7, 11) is 3.60. The van der Waals surface area contributed by atoms with Gasteiger partial charge >= 0.3 is 0 Å². The lowest BCUT2D eigenvalue weighted by Crippen LogP contribution is -2.13. The molecule has 0 saturated carbocycles. The number of hydrogen-bond acceptors (Lipinski definition) is 3. The van der Waals surface area contributed by atoms with Crippen molar-refractivity contribution < 1.29 is 4.74 Å². The molecule has 1 aliphatic rings. The lowest BCUT2D eigenvalue weighted by Gasteiger charge is -2.18. The highest BCUT2D eigenvalue weighted by molar-refractivity contribution is 6.65. The van der Waals surface area contributed by atoms with Crippen molar-refractivity contribution in [3.8, 4) is 5.75 Å². The fourth-order valence-electron chi connectivity index (χ4n) is 1.73. The van der Waals surface area contributed by atoms with E-state index in [0.29, 0.717) is 5.17 Å².